The molecule has 0 spiro atoms. The van der Waals surface area contributed by atoms with E-state index in [1.165, 1.54) is 10.4 Å². The SMILES string of the molecule is CCC(=O)N1CCC[C@H](c2nc(Nc3ccccc3CC)n3ccsc23)C1. The van der Waals surface area contributed by atoms with E-state index in [4.69, 9.17) is 4.98 Å². The lowest BCUT2D eigenvalue weighted by Gasteiger charge is -2.31. The van der Waals surface area contributed by atoms with Gasteiger partial charge in [-0.3, -0.25) is 9.20 Å². The highest BCUT2D eigenvalue weighted by atomic mass is 32.1. The monoisotopic (exact) mass is 382 g/mol. The molecule has 0 saturated carbocycles. The van der Waals surface area contributed by atoms with E-state index < -0.39 is 0 Å². The van der Waals surface area contributed by atoms with Gasteiger partial charge in [-0.1, -0.05) is 32.0 Å². The van der Waals surface area contributed by atoms with Gasteiger partial charge >= 0.3 is 0 Å². The fourth-order valence-corrected chi connectivity index (χ4v) is 4.83. The summed E-state index contributed by atoms with van der Waals surface area (Å²) < 4.78 is 2.15. The second kappa shape index (κ2) is 7.72. The Morgan fingerprint density at radius 2 is 2.19 bits per heavy atom. The van der Waals surface area contributed by atoms with Crippen LogP contribution in [0.3, 0.4) is 0 Å². The molecule has 2 aromatic heterocycles. The zero-order valence-corrected chi connectivity index (χ0v) is 16.8. The first-order valence-corrected chi connectivity index (χ1v) is 10.7. The van der Waals surface area contributed by atoms with Crippen LogP contribution in [-0.4, -0.2) is 33.3 Å². The average Bonchev–Trinajstić information content (AvgIpc) is 3.32. The molecular weight excluding hydrogens is 356 g/mol. The summed E-state index contributed by atoms with van der Waals surface area (Å²) in [6, 6.07) is 8.38. The normalized spacial score (nSPS) is 17.4. The Balaban J connectivity index is 1.65. The van der Waals surface area contributed by atoms with Crippen molar-refractivity contribution in [3.8, 4) is 0 Å². The van der Waals surface area contributed by atoms with Gasteiger partial charge in [-0.25, -0.2) is 4.98 Å². The molecule has 1 atom stereocenters. The van der Waals surface area contributed by atoms with E-state index in [1.54, 1.807) is 11.3 Å². The molecule has 1 N–H and O–H groups in total. The molecule has 1 aliphatic heterocycles. The van der Waals surface area contributed by atoms with Crippen molar-refractivity contribution in [3.63, 3.8) is 0 Å². The number of nitrogens with one attached hydrogen (secondary N) is 1. The summed E-state index contributed by atoms with van der Waals surface area (Å²) in [6.45, 7) is 5.76. The van der Waals surface area contributed by atoms with Crippen molar-refractivity contribution in [3.05, 3.63) is 47.1 Å². The van der Waals surface area contributed by atoms with Crippen LogP contribution in [0.5, 0.6) is 0 Å². The van der Waals surface area contributed by atoms with Crippen LogP contribution in [0.2, 0.25) is 0 Å². The Morgan fingerprint density at radius 3 is 3.00 bits per heavy atom. The first-order chi connectivity index (χ1) is 13.2. The summed E-state index contributed by atoms with van der Waals surface area (Å²) >= 11 is 1.72. The number of anilines is 2. The molecule has 6 heteroatoms. The summed E-state index contributed by atoms with van der Waals surface area (Å²) in [4.78, 5) is 20.3. The first-order valence-electron chi connectivity index (χ1n) is 9.79. The van der Waals surface area contributed by atoms with Gasteiger partial charge in [-0.15, -0.1) is 11.3 Å². The molecule has 0 aliphatic carbocycles. The molecule has 142 valence electrons. The molecule has 1 aliphatic rings. The number of aryl methyl sites for hydroxylation is 1. The number of thiazole rings is 1. The van der Waals surface area contributed by atoms with Crippen LogP contribution in [0.4, 0.5) is 11.6 Å². The Morgan fingerprint density at radius 1 is 1.33 bits per heavy atom. The van der Waals surface area contributed by atoms with Crippen molar-refractivity contribution in [1.29, 1.82) is 0 Å². The van der Waals surface area contributed by atoms with Gasteiger partial charge in [0.05, 0.1) is 5.69 Å². The van der Waals surface area contributed by atoms with E-state index in [9.17, 15) is 4.79 Å². The van der Waals surface area contributed by atoms with Crippen molar-refractivity contribution in [1.82, 2.24) is 14.3 Å². The second-order valence-electron chi connectivity index (χ2n) is 7.07. The summed E-state index contributed by atoms with van der Waals surface area (Å²) in [5.41, 5.74) is 3.51. The van der Waals surface area contributed by atoms with Gasteiger partial charge in [0.15, 0.2) is 0 Å². The number of para-hydroxylation sites is 1. The third-order valence-electron chi connectivity index (χ3n) is 5.39. The van der Waals surface area contributed by atoms with Crippen molar-refractivity contribution >= 4 is 33.7 Å². The van der Waals surface area contributed by atoms with Gasteiger partial charge in [-0.05, 0) is 30.9 Å². The number of amides is 1. The van der Waals surface area contributed by atoms with Crippen molar-refractivity contribution in [2.24, 2.45) is 0 Å². The minimum atomic E-state index is 0.247. The number of nitrogens with zero attached hydrogens (tertiary/aromatic N) is 3. The smallest absolute Gasteiger partial charge is 0.222 e. The van der Waals surface area contributed by atoms with Crippen molar-refractivity contribution in [2.45, 2.75) is 45.4 Å². The number of imidazole rings is 1. The lowest BCUT2D eigenvalue weighted by atomic mass is 9.95. The van der Waals surface area contributed by atoms with Gasteiger partial charge in [-0.2, -0.15) is 0 Å². The van der Waals surface area contributed by atoms with Crippen LogP contribution in [-0.2, 0) is 11.2 Å². The molecule has 1 aromatic carbocycles. The molecule has 5 nitrogen and oxygen atoms in total. The quantitative estimate of drug-likeness (QED) is 0.688. The largest absolute Gasteiger partial charge is 0.342 e. The number of likely N-dealkylation sites (tertiary alicyclic amines) is 1. The van der Waals surface area contributed by atoms with E-state index in [0.717, 1.165) is 49.7 Å². The molecule has 3 heterocycles. The minimum absolute atomic E-state index is 0.247. The lowest BCUT2D eigenvalue weighted by molar-refractivity contribution is -0.132. The van der Waals surface area contributed by atoms with Gasteiger partial charge in [0.1, 0.15) is 4.83 Å². The van der Waals surface area contributed by atoms with Crippen molar-refractivity contribution in [2.75, 3.05) is 18.4 Å². The number of benzene rings is 1. The highest BCUT2D eigenvalue weighted by molar-refractivity contribution is 7.15. The van der Waals surface area contributed by atoms with Gasteiger partial charge in [0.25, 0.3) is 0 Å². The summed E-state index contributed by atoms with van der Waals surface area (Å²) in [5.74, 6) is 1.41. The van der Waals surface area contributed by atoms with Crippen LogP contribution in [0.1, 0.15) is 50.3 Å². The lowest BCUT2D eigenvalue weighted by Crippen LogP contribution is -2.38. The number of piperidine rings is 1. The van der Waals surface area contributed by atoms with Crippen LogP contribution in [0.25, 0.3) is 4.83 Å². The first kappa shape index (κ1) is 18.0. The van der Waals surface area contributed by atoms with Gasteiger partial charge in [0.2, 0.25) is 11.9 Å². The van der Waals surface area contributed by atoms with E-state index >= 15 is 0 Å². The number of hydrogen-bond acceptors (Lipinski definition) is 4. The fourth-order valence-electron chi connectivity index (χ4n) is 3.92. The van der Waals surface area contributed by atoms with E-state index in [2.05, 4.69) is 52.5 Å². The fraction of sp³-hybridized carbons (Fsp3) is 0.429. The standard InChI is InChI=1S/C21H26N4OS/c1-3-15-8-5-6-10-17(15)22-21-23-19(20-25(21)12-13-27-20)16-9-7-11-24(14-16)18(26)4-2/h5-6,8,10,12-13,16H,3-4,7,9,11,14H2,1-2H3,(H,22,23)/t16-/m0/s1. The Kier molecular flexibility index (Phi) is 5.16. The third kappa shape index (κ3) is 3.46. The zero-order chi connectivity index (χ0) is 18.8. The molecule has 0 unspecified atom stereocenters. The molecular formula is C21H26N4OS. The third-order valence-corrected chi connectivity index (χ3v) is 6.28. The molecule has 1 saturated heterocycles. The molecule has 3 aromatic rings. The predicted molar refractivity (Wildman–Crippen MR) is 111 cm³/mol. The number of carbonyl (C=O) groups is 1. The van der Waals surface area contributed by atoms with Crippen LogP contribution >= 0.6 is 11.3 Å². The highest BCUT2D eigenvalue weighted by Crippen LogP contribution is 2.34. The highest BCUT2D eigenvalue weighted by Gasteiger charge is 2.28. The maximum atomic E-state index is 12.2. The van der Waals surface area contributed by atoms with Crippen LogP contribution in [0.15, 0.2) is 35.8 Å². The van der Waals surface area contributed by atoms with Crippen molar-refractivity contribution < 1.29 is 4.79 Å². The van der Waals surface area contributed by atoms with Gasteiger partial charge in [0, 0.05) is 42.7 Å². The number of rotatable bonds is 5. The predicted octanol–water partition coefficient (Wildman–Crippen LogP) is 4.82. The second-order valence-corrected chi connectivity index (χ2v) is 7.96. The zero-order valence-electron chi connectivity index (χ0n) is 15.9. The Bertz CT molecular complexity index is 945. The van der Waals surface area contributed by atoms with Crippen LogP contribution < -0.4 is 5.32 Å². The number of aromatic nitrogens is 2. The number of carbonyl (C=O) groups excluding carboxylic acids is 1. The Labute approximate surface area is 164 Å². The maximum Gasteiger partial charge on any atom is 0.222 e. The van der Waals surface area contributed by atoms with E-state index in [0.29, 0.717) is 12.3 Å². The van der Waals surface area contributed by atoms with E-state index in [1.807, 2.05) is 11.8 Å². The van der Waals surface area contributed by atoms with E-state index in [-0.39, 0.29) is 5.91 Å². The number of fused-ring (bicyclic) bond motifs is 1. The topological polar surface area (TPSA) is 49.6 Å². The number of hydrogen-bond donors (Lipinski definition) is 1. The minimum Gasteiger partial charge on any atom is -0.342 e. The summed E-state index contributed by atoms with van der Waals surface area (Å²) in [7, 11) is 0. The molecule has 1 amide bonds. The summed E-state index contributed by atoms with van der Waals surface area (Å²) in [5, 5.41) is 5.64. The Hall–Kier alpha value is -2.34. The van der Waals surface area contributed by atoms with Gasteiger partial charge < -0.3 is 10.2 Å². The maximum absolute atomic E-state index is 12.2. The van der Waals surface area contributed by atoms with Crippen LogP contribution in [0, 0.1) is 0 Å². The molecule has 0 bridgehead atoms. The molecule has 27 heavy (non-hydrogen) atoms. The molecule has 0 radical (unpaired) electrons. The summed E-state index contributed by atoms with van der Waals surface area (Å²) in [6.07, 6.45) is 5.76. The molecule has 1 fully saturated rings. The molecule has 4 rings (SSSR count). The average molecular weight is 383 g/mol.